The highest BCUT2D eigenvalue weighted by molar-refractivity contribution is 7.92. The number of nitrogens with zero attached hydrogens (tertiary/aromatic N) is 2. The summed E-state index contributed by atoms with van der Waals surface area (Å²) in [5, 5.41) is 2.83. The van der Waals surface area contributed by atoms with Crippen molar-refractivity contribution in [2.75, 3.05) is 23.7 Å². The van der Waals surface area contributed by atoms with Crippen LogP contribution in [-0.4, -0.2) is 50.5 Å². The molecular formula is C26H37N3O4S. The molecule has 2 rings (SSSR count). The minimum Gasteiger partial charge on any atom is -0.355 e. The predicted octanol–water partition coefficient (Wildman–Crippen LogP) is 3.79. The average Bonchev–Trinajstić information content (AvgIpc) is 2.78. The van der Waals surface area contributed by atoms with E-state index in [0.717, 1.165) is 16.7 Å². The Morgan fingerprint density at radius 3 is 2.21 bits per heavy atom. The summed E-state index contributed by atoms with van der Waals surface area (Å²) in [4.78, 5) is 27.7. The molecule has 1 N–H and O–H groups in total. The van der Waals surface area contributed by atoms with E-state index in [9.17, 15) is 18.0 Å². The SMILES string of the molecule is CCNC(=O)C(CC)N(Cc1ccccc1C)C(=O)CCCN(c1ccc(C)cc1)S(C)(=O)=O. The average molecular weight is 488 g/mol. The van der Waals surface area contributed by atoms with Crippen molar-refractivity contribution in [3.63, 3.8) is 0 Å². The van der Waals surface area contributed by atoms with Crippen molar-refractivity contribution in [2.45, 2.75) is 59.5 Å². The number of carbonyl (C=O) groups excluding carboxylic acids is 2. The highest BCUT2D eigenvalue weighted by atomic mass is 32.2. The van der Waals surface area contributed by atoms with Gasteiger partial charge in [0.1, 0.15) is 6.04 Å². The Morgan fingerprint density at radius 1 is 1.00 bits per heavy atom. The molecule has 2 amide bonds. The Balaban J connectivity index is 2.20. The van der Waals surface area contributed by atoms with Gasteiger partial charge in [-0.2, -0.15) is 0 Å². The Kier molecular flexibility index (Phi) is 10.1. The largest absolute Gasteiger partial charge is 0.355 e. The summed E-state index contributed by atoms with van der Waals surface area (Å²) in [5.74, 6) is -0.344. The number of sulfonamides is 1. The smallest absolute Gasteiger partial charge is 0.242 e. The number of hydrogen-bond donors (Lipinski definition) is 1. The first-order valence-corrected chi connectivity index (χ1v) is 13.6. The fraction of sp³-hybridized carbons (Fsp3) is 0.462. The van der Waals surface area contributed by atoms with Crippen LogP contribution in [0.2, 0.25) is 0 Å². The molecular weight excluding hydrogens is 450 g/mol. The van der Waals surface area contributed by atoms with Crippen LogP contribution in [-0.2, 0) is 26.2 Å². The second kappa shape index (κ2) is 12.6. The molecule has 0 radical (unpaired) electrons. The first kappa shape index (κ1) is 27.4. The topological polar surface area (TPSA) is 86.8 Å². The van der Waals surface area contributed by atoms with Gasteiger partial charge >= 0.3 is 0 Å². The minimum atomic E-state index is -3.50. The summed E-state index contributed by atoms with van der Waals surface area (Å²) in [6.07, 6.45) is 2.14. The van der Waals surface area contributed by atoms with Crippen molar-refractivity contribution in [3.05, 3.63) is 65.2 Å². The molecule has 0 aromatic heterocycles. The quantitative estimate of drug-likeness (QED) is 0.493. The summed E-state index contributed by atoms with van der Waals surface area (Å²) in [6.45, 7) is 8.66. The van der Waals surface area contributed by atoms with Crippen molar-refractivity contribution in [1.82, 2.24) is 10.2 Å². The van der Waals surface area contributed by atoms with Crippen LogP contribution in [0.15, 0.2) is 48.5 Å². The molecule has 8 heteroatoms. The fourth-order valence-electron chi connectivity index (χ4n) is 3.90. The lowest BCUT2D eigenvalue weighted by Crippen LogP contribution is -2.49. The minimum absolute atomic E-state index is 0.139. The number of aryl methyl sites for hydroxylation is 2. The Labute approximate surface area is 204 Å². The number of carbonyl (C=O) groups is 2. The molecule has 0 bridgehead atoms. The molecule has 0 aliphatic rings. The fourth-order valence-corrected chi connectivity index (χ4v) is 4.86. The van der Waals surface area contributed by atoms with Crippen LogP contribution in [0.1, 0.15) is 49.8 Å². The van der Waals surface area contributed by atoms with Crippen molar-refractivity contribution in [3.8, 4) is 0 Å². The van der Waals surface area contributed by atoms with E-state index in [1.165, 1.54) is 10.6 Å². The monoisotopic (exact) mass is 487 g/mol. The van der Waals surface area contributed by atoms with E-state index < -0.39 is 16.1 Å². The summed E-state index contributed by atoms with van der Waals surface area (Å²) in [7, 11) is -3.50. The first-order valence-electron chi connectivity index (χ1n) is 11.7. The summed E-state index contributed by atoms with van der Waals surface area (Å²) in [5.41, 5.74) is 3.64. The van der Waals surface area contributed by atoms with Crippen molar-refractivity contribution >= 4 is 27.5 Å². The molecule has 1 unspecified atom stereocenters. The first-order chi connectivity index (χ1) is 16.1. The molecule has 0 saturated carbocycles. The maximum atomic E-state index is 13.4. The van der Waals surface area contributed by atoms with Crippen LogP contribution >= 0.6 is 0 Å². The van der Waals surface area contributed by atoms with E-state index >= 15 is 0 Å². The lowest BCUT2D eigenvalue weighted by molar-refractivity contribution is -0.141. The van der Waals surface area contributed by atoms with Crippen molar-refractivity contribution in [2.24, 2.45) is 0 Å². The molecule has 0 spiro atoms. The van der Waals surface area contributed by atoms with E-state index in [1.54, 1.807) is 17.0 Å². The van der Waals surface area contributed by atoms with Crippen LogP contribution < -0.4 is 9.62 Å². The normalized spacial score (nSPS) is 12.1. The predicted molar refractivity (Wildman–Crippen MR) is 137 cm³/mol. The second-order valence-corrected chi connectivity index (χ2v) is 10.4. The molecule has 0 fully saturated rings. The second-order valence-electron chi connectivity index (χ2n) is 8.54. The molecule has 0 saturated heterocycles. The summed E-state index contributed by atoms with van der Waals surface area (Å²) < 4.78 is 26.1. The maximum absolute atomic E-state index is 13.4. The van der Waals surface area contributed by atoms with Gasteiger partial charge in [0.25, 0.3) is 0 Å². The number of hydrogen-bond acceptors (Lipinski definition) is 4. The molecule has 2 aromatic rings. The van der Waals surface area contributed by atoms with E-state index in [0.29, 0.717) is 31.6 Å². The lowest BCUT2D eigenvalue weighted by atomic mass is 10.1. The van der Waals surface area contributed by atoms with Gasteiger partial charge in [0.05, 0.1) is 11.9 Å². The zero-order chi connectivity index (χ0) is 25.3. The van der Waals surface area contributed by atoms with E-state index in [2.05, 4.69) is 5.32 Å². The van der Waals surface area contributed by atoms with Crippen LogP contribution in [0.25, 0.3) is 0 Å². The van der Waals surface area contributed by atoms with E-state index in [4.69, 9.17) is 0 Å². The number of rotatable bonds is 12. The van der Waals surface area contributed by atoms with Crippen LogP contribution in [0, 0.1) is 13.8 Å². The van der Waals surface area contributed by atoms with Crippen molar-refractivity contribution in [1.29, 1.82) is 0 Å². The van der Waals surface area contributed by atoms with Gasteiger partial charge in [-0.15, -0.1) is 0 Å². The summed E-state index contributed by atoms with van der Waals surface area (Å²) in [6, 6.07) is 14.5. The lowest BCUT2D eigenvalue weighted by Gasteiger charge is -2.31. The van der Waals surface area contributed by atoms with Gasteiger partial charge in [-0.1, -0.05) is 48.9 Å². The Hall–Kier alpha value is -2.87. The van der Waals surface area contributed by atoms with Gasteiger partial charge in [-0.05, 0) is 56.9 Å². The van der Waals surface area contributed by atoms with Gasteiger partial charge in [0, 0.05) is 26.1 Å². The molecule has 0 heterocycles. The van der Waals surface area contributed by atoms with E-state index in [1.807, 2.05) is 64.1 Å². The Morgan fingerprint density at radius 2 is 1.65 bits per heavy atom. The zero-order valence-corrected chi connectivity index (χ0v) is 21.7. The molecule has 2 aromatic carbocycles. The van der Waals surface area contributed by atoms with Gasteiger partial charge in [0.15, 0.2) is 0 Å². The number of nitrogens with one attached hydrogen (secondary N) is 1. The van der Waals surface area contributed by atoms with Gasteiger partial charge < -0.3 is 10.2 Å². The molecule has 1 atom stereocenters. The van der Waals surface area contributed by atoms with Gasteiger partial charge in [-0.25, -0.2) is 8.42 Å². The number of benzene rings is 2. The standard InChI is InChI=1S/C26H37N3O4S/c1-6-24(26(31)27-7-2)28(19-22-12-9-8-11-21(22)4)25(30)13-10-18-29(34(5,32)33)23-16-14-20(3)15-17-23/h8-9,11-12,14-17,24H,6-7,10,13,18-19H2,1-5H3,(H,27,31). The third kappa shape index (κ3) is 7.58. The maximum Gasteiger partial charge on any atom is 0.242 e. The van der Waals surface area contributed by atoms with Crippen molar-refractivity contribution < 1.29 is 18.0 Å². The molecule has 0 aliphatic carbocycles. The number of amides is 2. The van der Waals surface area contributed by atoms with Crippen LogP contribution in [0.5, 0.6) is 0 Å². The highest BCUT2D eigenvalue weighted by Gasteiger charge is 2.28. The highest BCUT2D eigenvalue weighted by Crippen LogP contribution is 2.20. The zero-order valence-electron chi connectivity index (χ0n) is 20.9. The molecule has 7 nitrogen and oxygen atoms in total. The third-order valence-electron chi connectivity index (χ3n) is 5.81. The number of likely N-dealkylation sites (N-methyl/N-ethyl adjacent to an activating group) is 1. The molecule has 186 valence electrons. The van der Waals surface area contributed by atoms with E-state index in [-0.39, 0.29) is 24.8 Å². The summed E-state index contributed by atoms with van der Waals surface area (Å²) >= 11 is 0. The third-order valence-corrected chi connectivity index (χ3v) is 7.01. The van der Waals surface area contributed by atoms with Gasteiger partial charge in [-0.3, -0.25) is 13.9 Å². The van der Waals surface area contributed by atoms with Gasteiger partial charge in [0.2, 0.25) is 21.8 Å². The number of anilines is 1. The molecule has 34 heavy (non-hydrogen) atoms. The molecule has 0 aliphatic heterocycles. The van der Waals surface area contributed by atoms with Crippen LogP contribution in [0.3, 0.4) is 0 Å². The Bertz CT molecular complexity index is 1070. The van der Waals surface area contributed by atoms with Crippen LogP contribution in [0.4, 0.5) is 5.69 Å².